The third-order valence-electron chi connectivity index (χ3n) is 0.765. The lowest BCUT2D eigenvalue weighted by atomic mass is 10.3. The Hall–Kier alpha value is -0.870. The van der Waals surface area contributed by atoms with Crippen LogP contribution in [0.25, 0.3) is 0 Å². The molecule has 0 spiro atoms. The number of aliphatic carboxylic acids is 1. The Kier molecular flexibility index (Phi) is 3.66. The molecule has 0 aromatic heterocycles. The summed E-state index contributed by atoms with van der Waals surface area (Å²) in [6.45, 7) is 0.320. The summed E-state index contributed by atoms with van der Waals surface area (Å²) in [6, 6.07) is -0.923. The Labute approximate surface area is 53.1 Å². The third-order valence-corrected chi connectivity index (χ3v) is 0.765. The molecule has 0 heterocycles. The Morgan fingerprint density at radius 1 is 1.78 bits per heavy atom. The summed E-state index contributed by atoms with van der Waals surface area (Å²) in [5.41, 5.74) is 10.1. The summed E-state index contributed by atoms with van der Waals surface area (Å²) >= 11 is 0. The van der Waals surface area contributed by atoms with Crippen molar-refractivity contribution in [1.29, 1.82) is 0 Å². The minimum absolute atomic E-state index is 0.320. The predicted octanol–water partition coefficient (Wildman–Crippen LogP) is -1.09. The molecule has 5 N–H and O–H groups in total. The molecule has 52 valence electrons. The zero-order valence-electron chi connectivity index (χ0n) is 4.95. The molecule has 0 aromatic rings. The molecule has 0 saturated heterocycles. The normalized spacial score (nSPS) is 14.0. The van der Waals surface area contributed by atoms with Gasteiger partial charge in [-0.15, -0.1) is 0 Å². The van der Waals surface area contributed by atoms with Crippen molar-refractivity contribution in [1.82, 2.24) is 0 Å². The van der Waals surface area contributed by atoms with E-state index in [9.17, 15) is 4.79 Å². The van der Waals surface area contributed by atoms with Crippen LogP contribution in [0.3, 0.4) is 0 Å². The monoisotopic (exact) mass is 130 g/mol. The Morgan fingerprint density at radius 3 is 2.67 bits per heavy atom. The van der Waals surface area contributed by atoms with Crippen molar-refractivity contribution in [3.63, 3.8) is 0 Å². The minimum Gasteiger partial charge on any atom is -0.480 e. The van der Waals surface area contributed by atoms with E-state index in [0.29, 0.717) is 6.54 Å². The number of nitrogens with two attached hydrogens (primary N) is 2. The minimum atomic E-state index is -1.04. The van der Waals surface area contributed by atoms with Gasteiger partial charge in [-0.1, -0.05) is 12.2 Å². The van der Waals surface area contributed by atoms with Crippen molar-refractivity contribution in [2.24, 2.45) is 11.5 Å². The second kappa shape index (κ2) is 4.05. The van der Waals surface area contributed by atoms with Gasteiger partial charge in [-0.25, -0.2) is 0 Å². The Bertz CT molecular complexity index is 122. The van der Waals surface area contributed by atoms with E-state index in [0.717, 1.165) is 0 Å². The fraction of sp³-hybridized carbons (Fsp3) is 0.400. The SMILES string of the molecule is NC/C=C/C(N)C(=O)O. The van der Waals surface area contributed by atoms with E-state index >= 15 is 0 Å². The molecular formula is C5H10N2O2. The summed E-state index contributed by atoms with van der Waals surface area (Å²) in [5.74, 6) is -1.04. The van der Waals surface area contributed by atoms with E-state index in [1.165, 1.54) is 12.2 Å². The van der Waals surface area contributed by atoms with Gasteiger partial charge in [-0.2, -0.15) is 0 Å². The molecule has 0 aliphatic heterocycles. The van der Waals surface area contributed by atoms with E-state index in [-0.39, 0.29) is 0 Å². The average Bonchev–Trinajstić information content (AvgIpc) is 1.82. The lowest BCUT2D eigenvalue weighted by molar-refractivity contribution is -0.137. The summed E-state index contributed by atoms with van der Waals surface area (Å²) in [7, 11) is 0. The van der Waals surface area contributed by atoms with Gasteiger partial charge in [-0.3, -0.25) is 4.79 Å². The quantitative estimate of drug-likeness (QED) is 0.423. The van der Waals surface area contributed by atoms with Gasteiger partial charge in [0.15, 0.2) is 0 Å². The zero-order chi connectivity index (χ0) is 7.28. The molecule has 9 heavy (non-hydrogen) atoms. The highest BCUT2D eigenvalue weighted by atomic mass is 16.4. The fourth-order valence-corrected chi connectivity index (χ4v) is 0.307. The zero-order valence-corrected chi connectivity index (χ0v) is 4.95. The van der Waals surface area contributed by atoms with Crippen LogP contribution in [-0.4, -0.2) is 23.7 Å². The lowest BCUT2D eigenvalue weighted by Gasteiger charge is -1.95. The summed E-state index contributed by atoms with van der Waals surface area (Å²) in [4.78, 5) is 9.99. The summed E-state index contributed by atoms with van der Waals surface area (Å²) in [5, 5.41) is 8.19. The molecule has 0 bridgehead atoms. The Balaban J connectivity index is 3.62. The highest BCUT2D eigenvalue weighted by Crippen LogP contribution is 1.79. The molecule has 0 fully saturated rings. The number of rotatable bonds is 3. The second-order valence-corrected chi connectivity index (χ2v) is 1.53. The van der Waals surface area contributed by atoms with Crippen LogP contribution in [0.15, 0.2) is 12.2 Å². The van der Waals surface area contributed by atoms with Gasteiger partial charge in [0.25, 0.3) is 0 Å². The number of hydrogen-bond acceptors (Lipinski definition) is 3. The van der Waals surface area contributed by atoms with Gasteiger partial charge >= 0.3 is 5.97 Å². The van der Waals surface area contributed by atoms with Crippen LogP contribution in [0.2, 0.25) is 0 Å². The molecule has 1 atom stereocenters. The van der Waals surface area contributed by atoms with Crippen molar-refractivity contribution in [2.45, 2.75) is 6.04 Å². The maximum atomic E-state index is 9.99. The van der Waals surface area contributed by atoms with Gasteiger partial charge in [0.2, 0.25) is 0 Å². The Morgan fingerprint density at radius 2 is 2.33 bits per heavy atom. The van der Waals surface area contributed by atoms with Crippen LogP contribution in [0, 0.1) is 0 Å². The standard InChI is InChI=1S/C5H10N2O2/c6-3-1-2-4(7)5(8)9/h1-2,4H,3,6-7H2,(H,8,9)/b2-1+. The highest BCUT2D eigenvalue weighted by molar-refractivity contribution is 5.75. The van der Waals surface area contributed by atoms with Crippen molar-refractivity contribution >= 4 is 5.97 Å². The number of hydrogen-bond donors (Lipinski definition) is 3. The van der Waals surface area contributed by atoms with E-state index in [2.05, 4.69) is 0 Å². The number of carboxylic acid groups (broad SMARTS) is 1. The first-order chi connectivity index (χ1) is 4.18. The first-order valence-corrected chi connectivity index (χ1v) is 2.53. The maximum absolute atomic E-state index is 9.99. The molecule has 0 amide bonds. The largest absolute Gasteiger partial charge is 0.480 e. The maximum Gasteiger partial charge on any atom is 0.324 e. The van der Waals surface area contributed by atoms with Crippen LogP contribution < -0.4 is 11.5 Å². The third kappa shape index (κ3) is 3.69. The van der Waals surface area contributed by atoms with Crippen molar-refractivity contribution in [2.75, 3.05) is 6.54 Å². The summed E-state index contributed by atoms with van der Waals surface area (Å²) in [6.07, 6.45) is 2.86. The number of carbonyl (C=O) groups is 1. The van der Waals surface area contributed by atoms with Gasteiger partial charge in [0, 0.05) is 6.54 Å². The van der Waals surface area contributed by atoms with E-state index in [1.54, 1.807) is 0 Å². The predicted molar refractivity (Wildman–Crippen MR) is 33.8 cm³/mol. The highest BCUT2D eigenvalue weighted by Gasteiger charge is 2.04. The first-order valence-electron chi connectivity index (χ1n) is 2.53. The molecule has 0 radical (unpaired) electrons. The smallest absolute Gasteiger partial charge is 0.324 e. The van der Waals surface area contributed by atoms with Crippen LogP contribution in [0.4, 0.5) is 0 Å². The van der Waals surface area contributed by atoms with Crippen LogP contribution in [0.5, 0.6) is 0 Å². The second-order valence-electron chi connectivity index (χ2n) is 1.53. The molecule has 4 nitrogen and oxygen atoms in total. The van der Waals surface area contributed by atoms with Gasteiger partial charge in [-0.05, 0) is 0 Å². The summed E-state index contributed by atoms with van der Waals surface area (Å²) < 4.78 is 0. The molecule has 0 saturated carbocycles. The molecular weight excluding hydrogens is 120 g/mol. The van der Waals surface area contributed by atoms with Gasteiger partial charge in [0.1, 0.15) is 6.04 Å². The lowest BCUT2D eigenvalue weighted by Crippen LogP contribution is -2.27. The molecule has 4 heteroatoms. The molecule has 0 aromatic carbocycles. The van der Waals surface area contributed by atoms with Crippen molar-refractivity contribution in [3.05, 3.63) is 12.2 Å². The van der Waals surface area contributed by atoms with Gasteiger partial charge < -0.3 is 16.6 Å². The molecule has 1 unspecified atom stereocenters. The van der Waals surface area contributed by atoms with Crippen LogP contribution >= 0.6 is 0 Å². The van der Waals surface area contributed by atoms with Crippen LogP contribution in [-0.2, 0) is 4.79 Å². The van der Waals surface area contributed by atoms with E-state index in [1.807, 2.05) is 0 Å². The first kappa shape index (κ1) is 8.13. The fourth-order valence-electron chi connectivity index (χ4n) is 0.307. The average molecular weight is 130 g/mol. The van der Waals surface area contributed by atoms with E-state index in [4.69, 9.17) is 16.6 Å². The van der Waals surface area contributed by atoms with Crippen molar-refractivity contribution in [3.8, 4) is 0 Å². The van der Waals surface area contributed by atoms with Gasteiger partial charge in [0.05, 0.1) is 0 Å². The molecule has 0 rings (SSSR count). The van der Waals surface area contributed by atoms with Crippen molar-refractivity contribution < 1.29 is 9.90 Å². The molecule has 0 aliphatic carbocycles. The van der Waals surface area contributed by atoms with Crippen LogP contribution in [0.1, 0.15) is 0 Å². The van der Waals surface area contributed by atoms with E-state index < -0.39 is 12.0 Å². The number of carboxylic acids is 1. The topological polar surface area (TPSA) is 89.3 Å². The molecule has 0 aliphatic rings.